The zero-order chi connectivity index (χ0) is 20.2. The third-order valence-electron chi connectivity index (χ3n) is 5.95. The Morgan fingerprint density at radius 2 is 1.79 bits per heavy atom. The number of allylic oxidation sites excluding steroid dienone is 2. The second-order valence-corrected chi connectivity index (χ2v) is 7.67. The average molecular weight is 392 g/mol. The van der Waals surface area contributed by atoms with E-state index in [-0.39, 0.29) is 35.5 Å². The van der Waals surface area contributed by atoms with Crippen molar-refractivity contribution in [2.75, 3.05) is 6.54 Å². The summed E-state index contributed by atoms with van der Waals surface area (Å²) < 4.78 is 38.6. The fraction of sp³-hybridized carbons (Fsp3) is 0.450. The number of nitrogens with one attached hydrogen (secondary N) is 1. The first-order chi connectivity index (χ1) is 13.2. The summed E-state index contributed by atoms with van der Waals surface area (Å²) in [7, 11) is 0. The minimum absolute atomic E-state index is 0.0588. The second-order valence-electron chi connectivity index (χ2n) is 7.67. The SMILES string of the molecule is C[C@H](NC(=O)CN1C(=O)[C@@H]2[C@@H](C1=O)[C@H]1C=C[C@H]2C1)c1cccc(C(F)(F)F)c1. The Labute approximate surface area is 159 Å². The van der Waals surface area contributed by atoms with Crippen LogP contribution in [0, 0.1) is 23.7 Å². The first-order valence-electron chi connectivity index (χ1n) is 9.17. The molecule has 3 aliphatic rings. The van der Waals surface area contributed by atoms with E-state index < -0.39 is 30.2 Å². The van der Waals surface area contributed by atoms with Crippen molar-refractivity contribution in [3.8, 4) is 0 Å². The molecular weight excluding hydrogens is 373 g/mol. The summed E-state index contributed by atoms with van der Waals surface area (Å²) in [6, 6.07) is 4.00. The van der Waals surface area contributed by atoms with Gasteiger partial charge in [0, 0.05) is 0 Å². The second kappa shape index (κ2) is 6.46. The first kappa shape index (κ1) is 18.7. The van der Waals surface area contributed by atoms with Crippen LogP contribution in [0.25, 0.3) is 0 Å². The number of rotatable bonds is 4. The number of amides is 3. The summed E-state index contributed by atoms with van der Waals surface area (Å²) in [6.07, 6.45) is 0.269. The Kier molecular flexibility index (Phi) is 4.32. The standard InChI is InChI=1S/C20H19F3N2O3/c1-10(11-3-2-4-14(8-11)20(21,22)23)24-15(26)9-25-18(27)16-12-5-6-13(7-12)17(16)19(25)28/h2-6,8,10,12-13,16-17H,7,9H2,1H3,(H,24,26)/t10-,12-,13-,16-,17-/m0/s1. The normalized spacial score (nSPS) is 29.4. The van der Waals surface area contributed by atoms with Crippen molar-refractivity contribution in [3.63, 3.8) is 0 Å². The molecule has 1 saturated heterocycles. The van der Waals surface area contributed by atoms with E-state index in [1.165, 1.54) is 12.1 Å². The highest BCUT2D eigenvalue weighted by Gasteiger charge is 2.59. The third kappa shape index (κ3) is 3.00. The van der Waals surface area contributed by atoms with Gasteiger partial charge < -0.3 is 5.32 Å². The van der Waals surface area contributed by atoms with Crippen LogP contribution in [-0.2, 0) is 20.6 Å². The molecule has 0 radical (unpaired) electrons. The third-order valence-corrected chi connectivity index (χ3v) is 5.95. The van der Waals surface area contributed by atoms with Gasteiger partial charge in [-0.1, -0.05) is 24.3 Å². The Morgan fingerprint density at radius 3 is 2.36 bits per heavy atom. The molecule has 5 atom stereocenters. The molecule has 2 aliphatic carbocycles. The first-order valence-corrected chi connectivity index (χ1v) is 9.17. The molecule has 1 aromatic rings. The summed E-state index contributed by atoms with van der Waals surface area (Å²) in [6.45, 7) is 1.15. The van der Waals surface area contributed by atoms with Crippen molar-refractivity contribution < 1.29 is 27.6 Å². The molecule has 1 saturated carbocycles. The number of halogens is 3. The molecule has 2 bridgehead atoms. The Bertz CT molecular complexity index is 850. The predicted molar refractivity (Wildman–Crippen MR) is 92.4 cm³/mol. The van der Waals surface area contributed by atoms with Crippen LogP contribution in [0.3, 0.4) is 0 Å². The topological polar surface area (TPSA) is 66.5 Å². The van der Waals surface area contributed by atoms with Gasteiger partial charge in [0.2, 0.25) is 17.7 Å². The van der Waals surface area contributed by atoms with Crippen LogP contribution in [-0.4, -0.2) is 29.2 Å². The van der Waals surface area contributed by atoms with Gasteiger partial charge >= 0.3 is 6.18 Å². The van der Waals surface area contributed by atoms with Crippen LogP contribution in [0.15, 0.2) is 36.4 Å². The molecule has 0 aromatic heterocycles. The molecule has 1 aromatic carbocycles. The maximum Gasteiger partial charge on any atom is 0.416 e. The predicted octanol–water partition coefficient (Wildman–Crippen LogP) is 2.69. The van der Waals surface area contributed by atoms with Crippen molar-refractivity contribution in [2.45, 2.75) is 25.6 Å². The number of carbonyl (C=O) groups excluding carboxylic acids is 3. The average Bonchev–Trinajstić information content (AvgIpc) is 3.31. The number of benzene rings is 1. The number of likely N-dealkylation sites (tertiary alicyclic amines) is 1. The smallest absolute Gasteiger partial charge is 0.348 e. The van der Waals surface area contributed by atoms with Crippen molar-refractivity contribution in [1.82, 2.24) is 10.2 Å². The molecule has 1 aliphatic heterocycles. The van der Waals surface area contributed by atoms with Crippen LogP contribution in [0.4, 0.5) is 13.2 Å². The molecule has 0 spiro atoms. The lowest BCUT2D eigenvalue weighted by molar-refractivity contribution is -0.144. The van der Waals surface area contributed by atoms with E-state index in [0.717, 1.165) is 23.5 Å². The lowest BCUT2D eigenvalue weighted by atomic mass is 9.85. The summed E-state index contributed by atoms with van der Waals surface area (Å²) in [5, 5.41) is 2.58. The number of imide groups is 1. The van der Waals surface area contributed by atoms with Gasteiger partial charge in [-0.15, -0.1) is 0 Å². The Balaban J connectivity index is 1.41. The Morgan fingerprint density at radius 1 is 1.18 bits per heavy atom. The summed E-state index contributed by atoms with van der Waals surface area (Å²) in [5.41, 5.74) is -0.506. The van der Waals surface area contributed by atoms with E-state index in [0.29, 0.717) is 5.56 Å². The summed E-state index contributed by atoms with van der Waals surface area (Å²) >= 11 is 0. The summed E-state index contributed by atoms with van der Waals surface area (Å²) in [5.74, 6) is -1.87. The molecule has 28 heavy (non-hydrogen) atoms. The van der Waals surface area contributed by atoms with Crippen LogP contribution < -0.4 is 5.32 Å². The molecule has 1 N–H and O–H groups in total. The largest absolute Gasteiger partial charge is 0.416 e. The number of carbonyl (C=O) groups is 3. The van der Waals surface area contributed by atoms with Crippen LogP contribution in [0.1, 0.15) is 30.5 Å². The van der Waals surface area contributed by atoms with Gasteiger partial charge in [-0.3, -0.25) is 19.3 Å². The highest BCUT2D eigenvalue weighted by molar-refractivity contribution is 6.08. The van der Waals surface area contributed by atoms with Crippen molar-refractivity contribution >= 4 is 17.7 Å². The fourth-order valence-corrected chi connectivity index (χ4v) is 4.62. The molecule has 0 unspecified atom stereocenters. The molecular formula is C20H19F3N2O3. The van der Waals surface area contributed by atoms with Gasteiger partial charge in [-0.25, -0.2) is 0 Å². The zero-order valence-corrected chi connectivity index (χ0v) is 15.1. The minimum Gasteiger partial charge on any atom is -0.348 e. The summed E-state index contributed by atoms with van der Waals surface area (Å²) in [4.78, 5) is 38.6. The van der Waals surface area contributed by atoms with E-state index in [4.69, 9.17) is 0 Å². The van der Waals surface area contributed by atoms with E-state index in [1.54, 1.807) is 6.92 Å². The quantitative estimate of drug-likeness (QED) is 0.633. The lowest BCUT2D eigenvalue weighted by Crippen LogP contribution is -2.42. The van der Waals surface area contributed by atoms with Gasteiger partial charge in [0.25, 0.3) is 0 Å². The van der Waals surface area contributed by atoms with Crippen LogP contribution >= 0.6 is 0 Å². The molecule has 5 nitrogen and oxygen atoms in total. The monoisotopic (exact) mass is 392 g/mol. The van der Waals surface area contributed by atoms with Crippen molar-refractivity contribution in [2.24, 2.45) is 23.7 Å². The number of hydrogen-bond donors (Lipinski definition) is 1. The van der Waals surface area contributed by atoms with Crippen LogP contribution in [0.2, 0.25) is 0 Å². The number of fused-ring (bicyclic) bond motifs is 5. The molecule has 3 amide bonds. The minimum atomic E-state index is -4.47. The van der Waals surface area contributed by atoms with Gasteiger partial charge in [0.15, 0.2) is 0 Å². The van der Waals surface area contributed by atoms with E-state index >= 15 is 0 Å². The van der Waals surface area contributed by atoms with E-state index in [2.05, 4.69) is 5.32 Å². The van der Waals surface area contributed by atoms with Gasteiger partial charge in [-0.2, -0.15) is 13.2 Å². The molecule has 2 fully saturated rings. The zero-order valence-electron chi connectivity index (χ0n) is 15.1. The van der Waals surface area contributed by atoms with Crippen molar-refractivity contribution in [1.29, 1.82) is 0 Å². The molecule has 1 heterocycles. The number of alkyl halides is 3. The highest BCUT2D eigenvalue weighted by atomic mass is 19.4. The maximum atomic E-state index is 12.9. The fourth-order valence-electron chi connectivity index (χ4n) is 4.62. The molecule has 8 heteroatoms. The number of nitrogens with zero attached hydrogens (tertiary/aromatic N) is 1. The highest BCUT2D eigenvalue weighted by Crippen LogP contribution is 2.52. The van der Waals surface area contributed by atoms with E-state index in [1.807, 2.05) is 12.2 Å². The van der Waals surface area contributed by atoms with Crippen molar-refractivity contribution in [3.05, 3.63) is 47.5 Å². The Hall–Kier alpha value is -2.64. The number of hydrogen-bond acceptors (Lipinski definition) is 3. The van der Waals surface area contributed by atoms with Gasteiger partial charge in [0.05, 0.1) is 23.4 Å². The van der Waals surface area contributed by atoms with E-state index in [9.17, 15) is 27.6 Å². The molecule has 4 rings (SSSR count). The van der Waals surface area contributed by atoms with Crippen LogP contribution in [0.5, 0.6) is 0 Å². The maximum absolute atomic E-state index is 12.9. The van der Waals surface area contributed by atoms with Gasteiger partial charge in [0.1, 0.15) is 6.54 Å². The lowest BCUT2D eigenvalue weighted by Gasteiger charge is -2.20. The molecule has 148 valence electrons. The van der Waals surface area contributed by atoms with Gasteiger partial charge in [-0.05, 0) is 42.9 Å².